The van der Waals surface area contributed by atoms with Gasteiger partial charge in [0.15, 0.2) is 0 Å². The van der Waals surface area contributed by atoms with Gasteiger partial charge in [-0.1, -0.05) is 18.2 Å². The van der Waals surface area contributed by atoms with Gasteiger partial charge in [0.1, 0.15) is 0 Å². The summed E-state index contributed by atoms with van der Waals surface area (Å²) in [7, 11) is -2.21. The Kier molecular flexibility index (Phi) is 6.14. The zero-order chi connectivity index (χ0) is 20.3. The lowest BCUT2D eigenvalue weighted by Crippen LogP contribution is -2.40. The molecule has 7 nitrogen and oxygen atoms in total. The van der Waals surface area contributed by atoms with Gasteiger partial charge in [-0.25, -0.2) is 13.2 Å². The topological polar surface area (TPSA) is 93.1 Å². The molecule has 0 spiro atoms. The number of methoxy groups -OCH3 is 1. The third-order valence-electron chi connectivity index (χ3n) is 4.80. The SMILES string of the molecule is CO[C@H](C)c1cccc(-c2cc(C(=O)O)cc(S(=O)(=O)N3CCOCC3)c2)c1. The van der Waals surface area contributed by atoms with Gasteiger partial charge in [-0.15, -0.1) is 0 Å². The van der Waals surface area contributed by atoms with Crippen LogP contribution < -0.4 is 0 Å². The number of ether oxygens (including phenoxy) is 2. The Labute approximate surface area is 164 Å². The second kappa shape index (κ2) is 8.40. The van der Waals surface area contributed by atoms with Crippen molar-refractivity contribution in [3.05, 3.63) is 53.6 Å². The van der Waals surface area contributed by atoms with E-state index >= 15 is 0 Å². The van der Waals surface area contributed by atoms with Crippen LogP contribution >= 0.6 is 0 Å². The first-order valence-electron chi connectivity index (χ1n) is 8.92. The van der Waals surface area contributed by atoms with Crippen molar-refractivity contribution >= 4 is 16.0 Å². The molecule has 0 aromatic heterocycles. The van der Waals surface area contributed by atoms with Crippen molar-refractivity contribution in [2.45, 2.75) is 17.9 Å². The van der Waals surface area contributed by atoms with Gasteiger partial charge >= 0.3 is 5.97 Å². The van der Waals surface area contributed by atoms with Crippen molar-refractivity contribution in [3.63, 3.8) is 0 Å². The van der Waals surface area contributed by atoms with Crippen molar-refractivity contribution in [2.24, 2.45) is 0 Å². The second-order valence-electron chi connectivity index (χ2n) is 6.57. The van der Waals surface area contributed by atoms with Crippen molar-refractivity contribution in [1.29, 1.82) is 0 Å². The molecule has 0 bridgehead atoms. The summed E-state index contributed by atoms with van der Waals surface area (Å²) in [5.74, 6) is -1.18. The number of nitrogens with zero attached hydrogens (tertiary/aromatic N) is 1. The van der Waals surface area contributed by atoms with E-state index in [1.165, 1.54) is 22.5 Å². The summed E-state index contributed by atoms with van der Waals surface area (Å²) >= 11 is 0. The Hall–Kier alpha value is -2.26. The van der Waals surface area contributed by atoms with Crippen molar-refractivity contribution in [2.75, 3.05) is 33.4 Å². The van der Waals surface area contributed by atoms with Crippen molar-refractivity contribution < 1.29 is 27.8 Å². The van der Waals surface area contributed by atoms with E-state index in [-0.39, 0.29) is 29.7 Å². The molecule has 1 saturated heterocycles. The van der Waals surface area contributed by atoms with Gasteiger partial charge in [-0.05, 0) is 47.9 Å². The standard InChI is InChI=1S/C20H23NO6S/c1-14(26-2)15-4-3-5-16(10-15)17-11-18(20(22)23)13-19(12-17)28(24,25)21-6-8-27-9-7-21/h3-5,10-14H,6-9H2,1-2H3,(H,22,23)/t14-/m1/s1. The molecule has 0 aliphatic carbocycles. The highest BCUT2D eigenvalue weighted by Gasteiger charge is 2.27. The molecular weight excluding hydrogens is 382 g/mol. The van der Waals surface area contributed by atoms with Gasteiger partial charge in [-0.3, -0.25) is 0 Å². The van der Waals surface area contributed by atoms with E-state index in [9.17, 15) is 18.3 Å². The van der Waals surface area contributed by atoms with Crippen molar-refractivity contribution in [3.8, 4) is 11.1 Å². The first-order valence-corrected chi connectivity index (χ1v) is 10.4. The van der Waals surface area contributed by atoms with Crippen LogP contribution in [0, 0.1) is 0 Å². The molecule has 3 rings (SSSR count). The summed E-state index contributed by atoms with van der Waals surface area (Å²) in [6.07, 6.45) is -0.140. The van der Waals surface area contributed by atoms with Crippen LogP contribution in [0.3, 0.4) is 0 Å². The van der Waals surface area contributed by atoms with Crippen LogP contribution in [0.25, 0.3) is 11.1 Å². The molecule has 0 radical (unpaired) electrons. The minimum Gasteiger partial charge on any atom is -0.478 e. The number of carboxylic acid groups (broad SMARTS) is 1. The largest absolute Gasteiger partial charge is 0.478 e. The van der Waals surface area contributed by atoms with Crippen LogP contribution in [-0.2, 0) is 19.5 Å². The second-order valence-corrected chi connectivity index (χ2v) is 8.51. The lowest BCUT2D eigenvalue weighted by atomic mass is 9.99. The highest BCUT2D eigenvalue weighted by molar-refractivity contribution is 7.89. The van der Waals surface area contributed by atoms with Crippen LogP contribution in [0.1, 0.15) is 28.9 Å². The Bertz CT molecular complexity index is 966. The Morgan fingerprint density at radius 2 is 1.86 bits per heavy atom. The molecule has 150 valence electrons. The lowest BCUT2D eigenvalue weighted by molar-refractivity contribution is 0.0696. The zero-order valence-electron chi connectivity index (χ0n) is 15.8. The third-order valence-corrected chi connectivity index (χ3v) is 6.68. The number of rotatable bonds is 6. The molecule has 1 heterocycles. The van der Waals surface area contributed by atoms with Crippen molar-refractivity contribution in [1.82, 2.24) is 4.31 Å². The van der Waals surface area contributed by atoms with Crippen LogP contribution in [0.5, 0.6) is 0 Å². The van der Waals surface area contributed by atoms with Gasteiger partial charge in [0, 0.05) is 20.2 Å². The Balaban J connectivity index is 2.09. The molecule has 2 aromatic rings. The molecule has 8 heteroatoms. The molecule has 1 N–H and O–H groups in total. The fourth-order valence-electron chi connectivity index (χ4n) is 3.08. The van der Waals surface area contributed by atoms with Gasteiger partial charge in [0.05, 0.1) is 29.8 Å². The van der Waals surface area contributed by atoms with E-state index in [0.717, 1.165) is 11.1 Å². The van der Waals surface area contributed by atoms with Crippen LogP contribution in [0.2, 0.25) is 0 Å². The monoisotopic (exact) mass is 405 g/mol. The average molecular weight is 405 g/mol. The lowest BCUT2D eigenvalue weighted by Gasteiger charge is -2.26. The summed E-state index contributed by atoms with van der Waals surface area (Å²) in [6, 6.07) is 11.6. The Morgan fingerprint density at radius 3 is 2.50 bits per heavy atom. The van der Waals surface area contributed by atoms with Crippen LogP contribution in [-0.4, -0.2) is 57.2 Å². The fraction of sp³-hybridized carbons (Fsp3) is 0.350. The maximum absolute atomic E-state index is 13.0. The molecule has 0 unspecified atom stereocenters. The first-order chi connectivity index (χ1) is 13.3. The predicted molar refractivity (Wildman–Crippen MR) is 104 cm³/mol. The van der Waals surface area contributed by atoms with E-state index in [1.54, 1.807) is 7.11 Å². The number of hydrogen-bond donors (Lipinski definition) is 1. The molecule has 0 amide bonds. The quantitative estimate of drug-likeness (QED) is 0.794. The molecule has 1 aliphatic heterocycles. The number of sulfonamides is 1. The number of hydrogen-bond acceptors (Lipinski definition) is 5. The minimum atomic E-state index is -3.81. The summed E-state index contributed by atoms with van der Waals surface area (Å²) in [5.41, 5.74) is 2.09. The molecular formula is C20H23NO6S. The van der Waals surface area contributed by atoms with Crippen LogP contribution in [0.15, 0.2) is 47.4 Å². The normalized spacial score (nSPS) is 16.6. The first kappa shape index (κ1) is 20.5. The maximum Gasteiger partial charge on any atom is 0.335 e. The summed E-state index contributed by atoms with van der Waals surface area (Å²) in [4.78, 5) is 11.6. The molecule has 28 heavy (non-hydrogen) atoms. The van der Waals surface area contributed by atoms with E-state index in [1.807, 2.05) is 31.2 Å². The highest BCUT2D eigenvalue weighted by Crippen LogP contribution is 2.29. The van der Waals surface area contributed by atoms with Gasteiger partial charge in [-0.2, -0.15) is 4.31 Å². The van der Waals surface area contributed by atoms with Gasteiger partial charge in [0.2, 0.25) is 10.0 Å². The number of carbonyl (C=O) groups is 1. The number of morpholine rings is 1. The summed E-state index contributed by atoms with van der Waals surface area (Å²) in [6.45, 7) is 3.04. The van der Waals surface area contributed by atoms with E-state index in [2.05, 4.69) is 0 Å². The molecule has 0 saturated carbocycles. The summed E-state index contributed by atoms with van der Waals surface area (Å²) < 4.78 is 37.9. The van der Waals surface area contributed by atoms with Gasteiger partial charge < -0.3 is 14.6 Å². The number of benzene rings is 2. The highest BCUT2D eigenvalue weighted by atomic mass is 32.2. The minimum absolute atomic E-state index is 0.0329. The van der Waals surface area contributed by atoms with Crippen LogP contribution in [0.4, 0.5) is 0 Å². The fourth-order valence-corrected chi connectivity index (χ4v) is 4.56. The number of aromatic carboxylic acids is 1. The third kappa shape index (κ3) is 4.25. The molecule has 1 fully saturated rings. The van der Waals surface area contributed by atoms with E-state index < -0.39 is 16.0 Å². The maximum atomic E-state index is 13.0. The Morgan fingerprint density at radius 1 is 1.14 bits per heavy atom. The smallest absolute Gasteiger partial charge is 0.335 e. The molecule has 1 atom stereocenters. The average Bonchev–Trinajstić information content (AvgIpc) is 2.73. The van der Waals surface area contributed by atoms with E-state index in [4.69, 9.17) is 9.47 Å². The molecule has 1 aliphatic rings. The molecule has 2 aromatic carbocycles. The van der Waals surface area contributed by atoms with E-state index in [0.29, 0.717) is 18.8 Å². The predicted octanol–water partition coefficient (Wildman–Crippen LogP) is 2.78. The zero-order valence-corrected chi connectivity index (χ0v) is 16.6. The van der Waals surface area contributed by atoms with Gasteiger partial charge in [0.25, 0.3) is 0 Å². The summed E-state index contributed by atoms with van der Waals surface area (Å²) in [5, 5.41) is 9.49. The number of carboxylic acids is 1.